The second-order valence-corrected chi connectivity index (χ2v) is 6.41. The van der Waals surface area contributed by atoms with E-state index in [-0.39, 0.29) is 16.6 Å². The number of nitrogen functional groups attached to an aromatic ring is 1. The van der Waals surface area contributed by atoms with E-state index < -0.39 is 10.0 Å². The molecule has 0 saturated heterocycles. The Morgan fingerprint density at radius 3 is 2.62 bits per heavy atom. The van der Waals surface area contributed by atoms with Crippen molar-refractivity contribution in [1.82, 2.24) is 9.78 Å². The Kier molecular flexibility index (Phi) is 4.08. The summed E-state index contributed by atoms with van der Waals surface area (Å²) in [6.07, 6.45) is 1.54. The molecule has 1 heterocycles. The highest BCUT2D eigenvalue weighted by atomic mass is 32.2. The summed E-state index contributed by atoms with van der Waals surface area (Å²) in [7, 11) is -2.30. The molecule has 2 aromatic rings. The predicted octanol–water partition coefficient (Wildman–Crippen LogP) is 1.86. The summed E-state index contributed by atoms with van der Waals surface area (Å²) in [6, 6.07) is 6.05. The predicted molar refractivity (Wildman–Crippen MR) is 80.8 cm³/mol. The van der Waals surface area contributed by atoms with Crippen LogP contribution in [0, 0.1) is 0 Å². The lowest BCUT2D eigenvalue weighted by atomic mass is 10.3. The summed E-state index contributed by atoms with van der Waals surface area (Å²) < 4.78 is 33.9. The molecule has 0 aliphatic heterocycles. The Labute approximate surface area is 123 Å². The van der Waals surface area contributed by atoms with Crippen LogP contribution >= 0.6 is 0 Å². The monoisotopic (exact) mass is 310 g/mol. The molecule has 7 nitrogen and oxygen atoms in total. The van der Waals surface area contributed by atoms with Gasteiger partial charge in [-0.25, -0.2) is 13.1 Å². The van der Waals surface area contributed by atoms with Crippen LogP contribution in [-0.4, -0.2) is 25.3 Å². The number of hydrogen-bond acceptors (Lipinski definition) is 5. The topological polar surface area (TPSA) is 99.2 Å². The van der Waals surface area contributed by atoms with Gasteiger partial charge in [-0.15, -0.1) is 0 Å². The molecule has 0 amide bonds. The summed E-state index contributed by atoms with van der Waals surface area (Å²) >= 11 is 0. The van der Waals surface area contributed by atoms with Crippen LogP contribution in [0.25, 0.3) is 0 Å². The minimum atomic E-state index is -3.79. The van der Waals surface area contributed by atoms with E-state index in [0.29, 0.717) is 11.6 Å². The van der Waals surface area contributed by atoms with Crippen molar-refractivity contribution in [2.45, 2.75) is 24.8 Å². The van der Waals surface area contributed by atoms with E-state index in [1.54, 1.807) is 16.8 Å². The molecule has 0 atom stereocenters. The number of nitrogens with two attached hydrogens (primary N) is 1. The highest BCUT2D eigenvalue weighted by molar-refractivity contribution is 7.92. The van der Waals surface area contributed by atoms with Gasteiger partial charge in [0.15, 0.2) is 0 Å². The van der Waals surface area contributed by atoms with Crippen LogP contribution in [0.15, 0.2) is 35.4 Å². The normalized spacial score (nSPS) is 11.6. The third kappa shape index (κ3) is 3.10. The summed E-state index contributed by atoms with van der Waals surface area (Å²) in [6.45, 7) is 3.82. The van der Waals surface area contributed by atoms with E-state index in [9.17, 15) is 8.42 Å². The van der Waals surface area contributed by atoms with E-state index >= 15 is 0 Å². The van der Waals surface area contributed by atoms with Crippen molar-refractivity contribution in [1.29, 1.82) is 0 Å². The lowest BCUT2D eigenvalue weighted by Crippen LogP contribution is -2.18. The molecule has 0 aliphatic rings. The smallest absolute Gasteiger partial charge is 0.265 e. The lowest BCUT2D eigenvalue weighted by Gasteiger charge is -2.14. The maximum atomic E-state index is 12.4. The highest BCUT2D eigenvalue weighted by Crippen LogP contribution is 2.26. The average molecular weight is 310 g/mol. The number of aromatic nitrogens is 2. The molecular weight excluding hydrogens is 292 g/mol. The zero-order valence-electron chi connectivity index (χ0n) is 12.1. The van der Waals surface area contributed by atoms with Crippen molar-refractivity contribution in [3.05, 3.63) is 30.5 Å². The molecule has 2 rings (SSSR count). The van der Waals surface area contributed by atoms with Crippen molar-refractivity contribution in [2.24, 2.45) is 0 Å². The van der Waals surface area contributed by atoms with Gasteiger partial charge in [-0.2, -0.15) is 5.10 Å². The fraction of sp³-hybridized carbons (Fsp3) is 0.308. The van der Waals surface area contributed by atoms with Crippen LogP contribution in [0.5, 0.6) is 5.75 Å². The van der Waals surface area contributed by atoms with Crippen molar-refractivity contribution < 1.29 is 13.2 Å². The molecule has 114 valence electrons. The van der Waals surface area contributed by atoms with Crippen molar-refractivity contribution in [3.63, 3.8) is 0 Å². The minimum absolute atomic E-state index is 0.000180. The number of nitrogens with one attached hydrogen (secondary N) is 1. The van der Waals surface area contributed by atoms with Crippen LogP contribution in [0.1, 0.15) is 19.9 Å². The summed E-state index contributed by atoms with van der Waals surface area (Å²) in [5.74, 6) is 0.888. The number of anilines is 2. The second kappa shape index (κ2) is 5.65. The standard InChI is InChI=1S/C13H18N4O3S/c1-9(2)17-13(6-7-15-17)16-21(18,19)12-5-4-10(20-3)8-11(12)14/h4-9,16H,14H2,1-3H3. The first-order chi connectivity index (χ1) is 9.85. The Morgan fingerprint density at radius 2 is 2.05 bits per heavy atom. The van der Waals surface area contributed by atoms with Gasteiger partial charge in [-0.1, -0.05) is 0 Å². The van der Waals surface area contributed by atoms with Gasteiger partial charge in [0.1, 0.15) is 16.5 Å². The van der Waals surface area contributed by atoms with Crippen molar-refractivity contribution in [3.8, 4) is 5.75 Å². The van der Waals surface area contributed by atoms with E-state index in [2.05, 4.69) is 9.82 Å². The van der Waals surface area contributed by atoms with Gasteiger partial charge in [0, 0.05) is 18.2 Å². The molecule has 1 aromatic heterocycles. The van der Waals surface area contributed by atoms with Crippen LogP contribution in [0.3, 0.4) is 0 Å². The fourth-order valence-corrected chi connectivity index (χ4v) is 3.06. The number of ether oxygens (including phenoxy) is 1. The molecule has 0 bridgehead atoms. The van der Waals surface area contributed by atoms with Gasteiger partial charge in [0.05, 0.1) is 19.0 Å². The van der Waals surface area contributed by atoms with Crippen LogP contribution in [0.4, 0.5) is 11.5 Å². The number of rotatable bonds is 5. The quantitative estimate of drug-likeness (QED) is 0.821. The SMILES string of the molecule is COc1ccc(S(=O)(=O)Nc2ccnn2C(C)C)c(N)c1. The molecule has 1 aromatic carbocycles. The zero-order chi connectivity index (χ0) is 15.6. The highest BCUT2D eigenvalue weighted by Gasteiger charge is 2.20. The van der Waals surface area contributed by atoms with Crippen LogP contribution < -0.4 is 15.2 Å². The van der Waals surface area contributed by atoms with Gasteiger partial charge < -0.3 is 10.5 Å². The first kappa shape index (κ1) is 15.2. The van der Waals surface area contributed by atoms with Gasteiger partial charge in [0.25, 0.3) is 10.0 Å². The third-order valence-electron chi connectivity index (χ3n) is 2.90. The number of hydrogen-bond donors (Lipinski definition) is 2. The Morgan fingerprint density at radius 1 is 1.33 bits per heavy atom. The summed E-state index contributed by atoms with van der Waals surface area (Å²) in [5.41, 5.74) is 5.91. The molecule has 0 aliphatic carbocycles. The first-order valence-electron chi connectivity index (χ1n) is 6.35. The van der Waals surface area contributed by atoms with E-state index in [4.69, 9.17) is 10.5 Å². The molecule has 0 unspecified atom stereocenters. The molecule has 3 N–H and O–H groups in total. The fourth-order valence-electron chi connectivity index (χ4n) is 1.90. The molecule has 0 radical (unpaired) electrons. The number of sulfonamides is 1. The van der Waals surface area contributed by atoms with Gasteiger partial charge >= 0.3 is 0 Å². The average Bonchev–Trinajstić information content (AvgIpc) is 2.85. The zero-order valence-corrected chi connectivity index (χ0v) is 12.9. The Balaban J connectivity index is 2.36. The van der Waals surface area contributed by atoms with E-state index in [0.717, 1.165) is 0 Å². The maximum Gasteiger partial charge on any atom is 0.265 e. The molecule has 21 heavy (non-hydrogen) atoms. The third-order valence-corrected chi connectivity index (χ3v) is 4.33. The van der Waals surface area contributed by atoms with E-state index in [1.807, 2.05) is 13.8 Å². The largest absolute Gasteiger partial charge is 0.497 e. The second-order valence-electron chi connectivity index (χ2n) is 4.76. The Hall–Kier alpha value is -2.22. The van der Waals surface area contributed by atoms with Gasteiger partial charge in [-0.05, 0) is 26.0 Å². The maximum absolute atomic E-state index is 12.4. The van der Waals surface area contributed by atoms with E-state index in [1.165, 1.54) is 25.4 Å². The van der Waals surface area contributed by atoms with Gasteiger partial charge in [0.2, 0.25) is 0 Å². The van der Waals surface area contributed by atoms with Crippen LogP contribution in [0.2, 0.25) is 0 Å². The lowest BCUT2D eigenvalue weighted by molar-refractivity contribution is 0.414. The van der Waals surface area contributed by atoms with Gasteiger partial charge in [-0.3, -0.25) is 4.72 Å². The molecular formula is C13H18N4O3S. The Bertz CT molecular complexity index is 738. The molecule has 0 fully saturated rings. The number of nitrogens with zero attached hydrogens (tertiary/aromatic N) is 2. The van der Waals surface area contributed by atoms with Crippen LogP contribution in [-0.2, 0) is 10.0 Å². The number of methoxy groups -OCH3 is 1. The first-order valence-corrected chi connectivity index (χ1v) is 7.83. The summed E-state index contributed by atoms with van der Waals surface area (Å²) in [4.78, 5) is -0.000180. The molecule has 0 saturated carbocycles. The van der Waals surface area contributed by atoms with Crippen molar-refractivity contribution in [2.75, 3.05) is 17.6 Å². The molecule has 0 spiro atoms. The van der Waals surface area contributed by atoms with Crippen molar-refractivity contribution >= 4 is 21.5 Å². The summed E-state index contributed by atoms with van der Waals surface area (Å²) in [5, 5.41) is 4.08. The minimum Gasteiger partial charge on any atom is -0.497 e. The number of benzene rings is 1. The molecule has 8 heteroatoms.